The molecule has 0 aromatic carbocycles. The van der Waals surface area contributed by atoms with Crippen molar-refractivity contribution in [3.8, 4) is 0 Å². The smallest absolute Gasteiger partial charge is 0.244 e. The van der Waals surface area contributed by atoms with Crippen LogP contribution in [-0.2, 0) is 11.3 Å². The second-order valence-electron chi connectivity index (χ2n) is 4.69. The van der Waals surface area contributed by atoms with E-state index in [-0.39, 0.29) is 12.5 Å². The van der Waals surface area contributed by atoms with Crippen molar-refractivity contribution in [2.45, 2.75) is 20.4 Å². The Bertz CT molecular complexity index is 377. The summed E-state index contributed by atoms with van der Waals surface area (Å²) in [5, 5.41) is 4.01. The molecule has 5 nitrogen and oxygen atoms in total. The number of rotatable bonds is 2. The monoisotopic (exact) mass is 222 g/mol. The summed E-state index contributed by atoms with van der Waals surface area (Å²) in [4.78, 5) is 13.8. The number of carbonyl (C=O) groups is 1. The number of aromatic nitrogens is 2. The first-order chi connectivity index (χ1) is 7.56. The number of anilines is 1. The summed E-state index contributed by atoms with van der Waals surface area (Å²) < 4.78 is 1.59. The highest BCUT2D eigenvalue weighted by Crippen LogP contribution is 2.22. The van der Waals surface area contributed by atoms with Crippen LogP contribution in [-0.4, -0.2) is 33.7 Å². The van der Waals surface area contributed by atoms with Gasteiger partial charge in [0, 0.05) is 19.3 Å². The lowest BCUT2D eigenvalue weighted by molar-refractivity contribution is -0.131. The third kappa shape index (κ3) is 2.18. The van der Waals surface area contributed by atoms with Crippen molar-refractivity contribution in [2.75, 3.05) is 18.8 Å². The average molecular weight is 222 g/mol. The molecule has 2 unspecified atom stereocenters. The lowest BCUT2D eigenvalue weighted by Crippen LogP contribution is -2.32. The first kappa shape index (κ1) is 11.0. The second-order valence-corrected chi connectivity index (χ2v) is 4.69. The van der Waals surface area contributed by atoms with Gasteiger partial charge >= 0.3 is 0 Å². The van der Waals surface area contributed by atoms with E-state index in [4.69, 9.17) is 5.73 Å². The first-order valence-electron chi connectivity index (χ1n) is 5.63. The van der Waals surface area contributed by atoms with E-state index in [2.05, 4.69) is 18.9 Å². The minimum atomic E-state index is 0.124. The number of hydrogen-bond donors (Lipinski definition) is 1. The van der Waals surface area contributed by atoms with Crippen LogP contribution in [0, 0.1) is 11.8 Å². The molecule has 88 valence electrons. The molecule has 2 atom stereocenters. The molecular weight excluding hydrogens is 204 g/mol. The van der Waals surface area contributed by atoms with Gasteiger partial charge < -0.3 is 10.6 Å². The van der Waals surface area contributed by atoms with Crippen molar-refractivity contribution in [3.05, 3.63) is 12.3 Å². The summed E-state index contributed by atoms with van der Waals surface area (Å²) in [7, 11) is 0. The van der Waals surface area contributed by atoms with Crippen LogP contribution in [0.2, 0.25) is 0 Å². The van der Waals surface area contributed by atoms with Crippen molar-refractivity contribution >= 4 is 11.7 Å². The van der Waals surface area contributed by atoms with Gasteiger partial charge in [-0.15, -0.1) is 0 Å². The Morgan fingerprint density at radius 2 is 2.12 bits per heavy atom. The molecule has 1 saturated heterocycles. The minimum absolute atomic E-state index is 0.124. The highest BCUT2D eigenvalue weighted by molar-refractivity contribution is 5.76. The van der Waals surface area contributed by atoms with Gasteiger partial charge in [-0.2, -0.15) is 5.10 Å². The predicted octanol–water partition coefficient (Wildman–Crippen LogP) is 0.580. The Kier molecular flexibility index (Phi) is 2.85. The van der Waals surface area contributed by atoms with Crippen molar-refractivity contribution in [2.24, 2.45) is 11.8 Å². The number of hydrogen-bond acceptors (Lipinski definition) is 3. The van der Waals surface area contributed by atoms with Crippen LogP contribution in [0.3, 0.4) is 0 Å². The molecule has 2 rings (SSSR count). The molecule has 0 aliphatic carbocycles. The SMILES string of the molecule is CC1CN(C(=O)Cn2ccc(N)n2)CC1C. The van der Waals surface area contributed by atoms with E-state index in [0.29, 0.717) is 17.7 Å². The van der Waals surface area contributed by atoms with Gasteiger partial charge in [0.05, 0.1) is 0 Å². The van der Waals surface area contributed by atoms with Crippen LogP contribution >= 0.6 is 0 Å². The summed E-state index contributed by atoms with van der Waals surface area (Å²) in [6.07, 6.45) is 1.73. The lowest BCUT2D eigenvalue weighted by atomic mass is 10.0. The van der Waals surface area contributed by atoms with Gasteiger partial charge in [0.1, 0.15) is 12.4 Å². The molecule has 0 spiro atoms. The third-order valence-corrected chi connectivity index (χ3v) is 3.30. The molecule has 2 N–H and O–H groups in total. The molecule has 1 aromatic rings. The predicted molar refractivity (Wildman–Crippen MR) is 61.5 cm³/mol. The summed E-state index contributed by atoms with van der Waals surface area (Å²) in [6.45, 7) is 6.37. The van der Waals surface area contributed by atoms with Gasteiger partial charge in [0.2, 0.25) is 5.91 Å². The summed E-state index contributed by atoms with van der Waals surface area (Å²) >= 11 is 0. The molecule has 1 amide bonds. The highest BCUT2D eigenvalue weighted by atomic mass is 16.2. The van der Waals surface area contributed by atoms with Gasteiger partial charge in [0.25, 0.3) is 0 Å². The van der Waals surface area contributed by atoms with Gasteiger partial charge in [-0.25, -0.2) is 0 Å². The fourth-order valence-electron chi connectivity index (χ4n) is 2.04. The van der Waals surface area contributed by atoms with Crippen LogP contribution in [0.4, 0.5) is 5.82 Å². The van der Waals surface area contributed by atoms with Crippen molar-refractivity contribution in [3.63, 3.8) is 0 Å². The van der Waals surface area contributed by atoms with E-state index in [0.717, 1.165) is 13.1 Å². The number of carbonyl (C=O) groups excluding carboxylic acids is 1. The van der Waals surface area contributed by atoms with Crippen LogP contribution in [0.5, 0.6) is 0 Å². The van der Waals surface area contributed by atoms with Crippen LogP contribution < -0.4 is 5.73 Å². The summed E-state index contributed by atoms with van der Waals surface area (Å²) in [6, 6.07) is 1.70. The second kappa shape index (κ2) is 4.15. The number of nitrogen functional groups attached to an aromatic ring is 1. The Labute approximate surface area is 95.2 Å². The molecule has 0 bridgehead atoms. The van der Waals surface area contributed by atoms with E-state index in [1.54, 1.807) is 16.9 Å². The molecule has 1 aliphatic heterocycles. The van der Waals surface area contributed by atoms with E-state index < -0.39 is 0 Å². The molecular formula is C11H18N4O. The Morgan fingerprint density at radius 1 is 1.50 bits per heavy atom. The summed E-state index contributed by atoms with van der Waals surface area (Å²) in [5.41, 5.74) is 5.50. The fourth-order valence-corrected chi connectivity index (χ4v) is 2.04. The van der Waals surface area contributed by atoms with Gasteiger partial charge in [0.15, 0.2) is 0 Å². The first-order valence-corrected chi connectivity index (χ1v) is 5.63. The highest BCUT2D eigenvalue weighted by Gasteiger charge is 2.29. The van der Waals surface area contributed by atoms with Gasteiger partial charge in [-0.3, -0.25) is 9.48 Å². The number of likely N-dealkylation sites (tertiary alicyclic amines) is 1. The molecule has 0 saturated carbocycles. The zero-order valence-electron chi connectivity index (χ0n) is 9.76. The molecule has 1 fully saturated rings. The molecule has 5 heteroatoms. The van der Waals surface area contributed by atoms with Gasteiger partial charge in [-0.1, -0.05) is 13.8 Å². The number of amides is 1. The van der Waals surface area contributed by atoms with Crippen LogP contribution in [0.15, 0.2) is 12.3 Å². The number of nitrogens with two attached hydrogens (primary N) is 1. The zero-order valence-corrected chi connectivity index (χ0v) is 9.76. The molecule has 1 aliphatic rings. The van der Waals surface area contributed by atoms with Gasteiger partial charge in [-0.05, 0) is 17.9 Å². The lowest BCUT2D eigenvalue weighted by Gasteiger charge is -2.15. The van der Waals surface area contributed by atoms with E-state index >= 15 is 0 Å². The Balaban J connectivity index is 1.94. The zero-order chi connectivity index (χ0) is 11.7. The minimum Gasteiger partial charge on any atom is -0.382 e. The van der Waals surface area contributed by atoms with Crippen molar-refractivity contribution in [1.82, 2.24) is 14.7 Å². The largest absolute Gasteiger partial charge is 0.382 e. The van der Waals surface area contributed by atoms with Crippen molar-refractivity contribution in [1.29, 1.82) is 0 Å². The maximum Gasteiger partial charge on any atom is 0.244 e. The molecule has 1 aromatic heterocycles. The number of nitrogens with zero attached hydrogens (tertiary/aromatic N) is 3. The maximum absolute atomic E-state index is 11.9. The van der Waals surface area contributed by atoms with E-state index in [9.17, 15) is 4.79 Å². The Hall–Kier alpha value is -1.52. The van der Waals surface area contributed by atoms with E-state index in [1.165, 1.54) is 0 Å². The van der Waals surface area contributed by atoms with Crippen molar-refractivity contribution < 1.29 is 4.79 Å². The normalized spacial score (nSPS) is 25.0. The standard InChI is InChI=1S/C11H18N4O/c1-8-5-14(6-9(8)2)11(16)7-15-4-3-10(12)13-15/h3-4,8-9H,5-7H2,1-2H3,(H2,12,13). The Morgan fingerprint density at radius 3 is 2.62 bits per heavy atom. The van der Waals surface area contributed by atoms with Crippen LogP contribution in [0.1, 0.15) is 13.8 Å². The third-order valence-electron chi connectivity index (χ3n) is 3.30. The van der Waals surface area contributed by atoms with Crippen LogP contribution in [0.25, 0.3) is 0 Å². The molecule has 2 heterocycles. The summed E-state index contributed by atoms with van der Waals surface area (Å²) in [5.74, 6) is 1.76. The molecule has 16 heavy (non-hydrogen) atoms. The molecule has 0 radical (unpaired) electrons. The average Bonchev–Trinajstić information content (AvgIpc) is 2.75. The maximum atomic E-state index is 11.9. The quantitative estimate of drug-likeness (QED) is 0.796. The fraction of sp³-hybridized carbons (Fsp3) is 0.636. The van der Waals surface area contributed by atoms with E-state index in [1.807, 2.05) is 4.90 Å². The topological polar surface area (TPSA) is 64.2 Å².